The maximum Gasteiger partial charge on any atom is 0.276 e. The summed E-state index contributed by atoms with van der Waals surface area (Å²) in [5.74, 6) is -0.0785. The van der Waals surface area contributed by atoms with Gasteiger partial charge in [-0.05, 0) is 24.8 Å². The van der Waals surface area contributed by atoms with Crippen LogP contribution in [0.3, 0.4) is 0 Å². The van der Waals surface area contributed by atoms with Crippen molar-refractivity contribution in [2.24, 2.45) is 0 Å². The quantitative estimate of drug-likeness (QED) is 0.762. The van der Waals surface area contributed by atoms with E-state index in [1.165, 1.54) is 23.8 Å². The molecule has 3 heterocycles. The van der Waals surface area contributed by atoms with Crippen molar-refractivity contribution in [1.29, 1.82) is 0 Å². The van der Waals surface area contributed by atoms with E-state index in [1.54, 1.807) is 0 Å². The lowest BCUT2D eigenvalue weighted by molar-refractivity contribution is 0.0607. The highest BCUT2D eigenvalue weighted by molar-refractivity contribution is 5.95. The predicted molar refractivity (Wildman–Crippen MR) is 103 cm³/mol. The van der Waals surface area contributed by atoms with Crippen molar-refractivity contribution in [3.8, 4) is 11.3 Å². The molecule has 0 unspecified atom stereocenters. The second-order valence-electron chi connectivity index (χ2n) is 7.51. The minimum absolute atomic E-state index is 0.0785. The number of amides is 1. The first-order valence-corrected chi connectivity index (χ1v) is 9.73. The van der Waals surface area contributed by atoms with E-state index in [9.17, 15) is 9.59 Å². The molecule has 6 nitrogen and oxygen atoms in total. The van der Waals surface area contributed by atoms with E-state index in [-0.39, 0.29) is 11.5 Å². The van der Waals surface area contributed by atoms with Gasteiger partial charge in [-0.2, -0.15) is 0 Å². The Morgan fingerprint density at radius 2 is 1.81 bits per heavy atom. The fraction of sp³-hybridized carbons (Fsp3) is 0.381. The van der Waals surface area contributed by atoms with Crippen LogP contribution < -0.4 is 5.56 Å². The number of H-pyrrole nitrogens is 1. The van der Waals surface area contributed by atoms with E-state index >= 15 is 0 Å². The Kier molecular flexibility index (Phi) is 3.85. The van der Waals surface area contributed by atoms with E-state index in [4.69, 9.17) is 0 Å². The molecule has 3 aromatic rings. The molecular weight excluding hydrogens is 340 g/mol. The van der Waals surface area contributed by atoms with E-state index in [1.807, 2.05) is 41.3 Å². The molecule has 2 aromatic heterocycles. The third kappa shape index (κ3) is 2.67. The Morgan fingerprint density at radius 3 is 2.59 bits per heavy atom. The number of fused-ring (bicyclic) bond motifs is 2. The normalized spacial score (nSPS) is 18.1. The molecule has 0 spiro atoms. The summed E-state index contributed by atoms with van der Waals surface area (Å²) >= 11 is 0. The second-order valence-corrected chi connectivity index (χ2v) is 7.51. The van der Waals surface area contributed by atoms with Crippen LogP contribution in [-0.4, -0.2) is 38.0 Å². The van der Waals surface area contributed by atoms with Crippen LogP contribution >= 0.6 is 0 Å². The summed E-state index contributed by atoms with van der Waals surface area (Å²) in [6, 6.07) is 11.9. The summed E-state index contributed by atoms with van der Waals surface area (Å²) < 4.78 is 1.46. The van der Waals surface area contributed by atoms with Crippen molar-refractivity contribution < 1.29 is 4.79 Å². The lowest BCUT2D eigenvalue weighted by atomic mass is 9.92. The number of aromatic nitrogens is 3. The van der Waals surface area contributed by atoms with Gasteiger partial charge in [0.15, 0.2) is 5.65 Å². The zero-order chi connectivity index (χ0) is 18.4. The van der Waals surface area contributed by atoms with Crippen molar-refractivity contribution in [2.75, 3.05) is 6.54 Å². The lowest BCUT2D eigenvalue weighted by Crippen LogP contribution is -2.47. The van der Waals surface area contributed by atoms with Crippen LogP contribution in [-0.2, 0) is 6.42 Å². The molecule has 6 heteroatoms. The van der Waals surface area contributed by atoms with Crippen LogP contribution in [0.2, 0.25) is 0 Å². The molecule has 0 radical (unpaired) electrons. The third-order valence-electron chi connectivity index (χ3n) is 5.87. The highest BCUT2D eigenvalue weighted by Crippen LogP contribution is 2.27. The van der Waals surface area contributed by atoms with Crippen molar-refractivity contribution in [2.45, 2.75) is 44.6 Å². The fourth-order valence-corrected chi connectivity index (χ4v) is 4.44. The summed E-state index contributed by atoms with van der Waals surface area (Å²) in [4.78, 5) is 32.6. The first-order chi connectivity index (χ1) is 13.2. The van der Waals surface area contributed by atoms with Crippen molar-refractivity contribution in [3.63, 3.8) is 0 Å². The monoisotopic (exact) mass is 362 g/mol. The number of rotatable bonds is 2. The van der Waals surface area contributed by atoms with Gasteiger partial charge in [-0.1, -0.05) is 49.6 Å². The molecule has 5 rings (SSSR count). The molecule has 27 heavy (non-hydrogen) atoms. The maximum atomic E-state index is 13.1. The van der Waals surface area contributed by atoms with Crippen LogP contribution in [0.5, 0.6) is 0 Å². The van der Waals surface area contributed by atoms with Crippen molar-refractivity contribution in [3.05, 3.63) is 58.0 Å². The van der Waals surface area contributed by atoms with Crippen molar-refractivity contribution in [1.82, 2.24) is 19.5 Å². The van der Waals surface area contributed by atoms with Gasteiger partial charge in [-0.15, -0.1) is 0 Å². The van der Waals surface area contributed by atoms with E-state index in [0.29, 0.717) is 35.9 Å². The van der Waals surface area contributed by atoms with E-state index < -0.39 is 0 Å². The molecular formula is C21H22N4O2. The Balaban J connectivity index is 1.58. The van der Waals surface area contributed by atoms with Gasteiger partial charge in [0.1, 0.15) is 5.69 Å². The van der Waals surface area contributed by atoms with Gasteiger partial charge in [-0.3, -0.25) is 14.7 Å². The van der Waals surface area contributed by atoms with Gasteiger partial charge < -0.3 is 4.90 Å². The number of aromatic amines is 1. The largest absolute Gasteiger partial charge is 0.334 e. The Labute approximate surface area is 156 Å². The molecule has 1 aliphatic carbocycles. The highest BCUT2D eigenvalue weighted by atomic mass is 16.2. The Bertz CT molecular complexity index is 1060. The number of hydrogen-bond acceptors (Lipinski definition) is 3. The number of hydrogen-bond donors (Lipinski definition) is 1. The second kappa shape index (κ2) is 6.37. The number of nitrogens with zero attached hydrogens (tertiary/aromatic N) is 3. The number of benzene rings is 1. The molecule has 138 valence electrons. The molecule has 1 N–H and O–H groups in total. The highest BCUT2D eigenvalue weighted by Gasteiger charge is 2.34. The van der Waals surface area contributed by atoms with Crippen LogP contribution in [0.25, 0.3) is 16.9 Å². The molecule has 1 saturated carbocycles. The average Bonchev–Trinajstić information content (AvgIpc) is 3.15. The first kappa shape index (κ1) is 16.3. The summed E-state index contributed by atoms with van der Waals surface area (Å²) in [6.07, 6.45) is 6.30. The van der Waals surface area contributed by atoms with E-state index in [0.717, 1.165) is 24.1 Å². The predicted octanol–water partition coefficient (Wildman–Crippen LogP) is 3.02. The smallest absolute Gasteiger partial charge is 0.276 e. The standard InChI is InChI=1S/C21H22N4O2/c26-20-16-11-12-24(15-9-5-2-6-10-15)21(27)19(16)22-18-13-17(23-25(18)20)14-7-3-1-4-8-14/h1,3-4,7-8,13,15,23H,2,5-6,9-12H2. The Morgan fingerprint density at radius 1 is 1.04 bits per heavy atom. The fourth-order valence-electron chi connectivity index (χ4n) is 4.44. The lowest BCUT2D eigenvalue weighted by Gasteiger charge is -2.36. The molecule has 0 bridgehead atoms. The molecule has 1 amide bonds. The number of carbonyl (C=O) groups excluding carboxylic acids is 1. The first-order valence-electron chi connectivity index (χ1n) is 9.73. The van der Waals surface area contributed by atoms with Crippen LogP contribution in [0.1, 0.15) is 48.2 Å². The molecule has 0 saturated heterocycles. The zero-order valence-corrected chi connectivity index (χ0v) is 15.1. The summed E-state index contributed by atoms with van der Waals surface area (Å²) in [5, 5.41) is 3.14. The van der Waals surface area contributed by atoms with Crippen LogP contribution in [0, 0.1) is 0 Å². The average molecular weight is 362 g/mol. The molecule has 1 aliphatic heterocycles. The molecule has 0 atom stereocenters. The SMILES string of the molecule is O=C1c2nc3cc(-c4ccccc4)[nH]n3c(=O)c2CCN1C1CCCCC1. The Hall–Kier alpha value is -2.89. The van der Waals surface area contributed by atoms with Gasteiger partial charge in [0.2, 0.25) is 0 Å². The molecule has 2 aliphatic rings. The molecule has 1 aromatic carbocycles. The maximum absolute atomic E-state index is 13.1. The van der Waals surface area contributed by atoms with Crippen LogP contribution in [0.15, 0.2) is 41.2 Å². The minimum Gasteiger partial charge on any atom is -0.334 e. The number of carbonyl (C=O) groups is 1. The summed E-state index contributed by atoms with van der Waals surface area (Å²) in [7, 11) is 0. The van der Waals surface area contributed by atoms with Gasteiger partial charge in [-0.25, -0.2) is 9.50 Å². The summed E-state index contributed by atoms with van der Waals surface area (Å²) in [5.41, 5.74) is 3.02. The topological polar surface area (TPSA) is 70.5 Å². The van der Waals surface area contributed by atoms with E-state index in [2.05, 4.69) is 10.1 Å². The number of nitrogens with one attached hydrogen (secondary N) is 1. The summed E-state index contributed by atoms with van der Waals surface area (Å²) in [6.45, 7) is 0.617. The molecule has 1 fully saturated rings. The third-order valence-corrected chi connectivity index (χ3v) is 5.87. The minimum atomic E-state index is -0.158. The van der Waals surface area contributed by atoms with Crippen LogP contribution in [0.4, 0.5) is 0 Å². The van der Waals surface area contributed by atoms with Crippen molar-refractivity contribution >= 4 is 11.6 Å². The zero-order valence-electron chi connectivity index (χ0n) is 15.1. The van der Waals surface area contributed by atoms with Gasteiger partial charge in [0.05, 0.1) is 11.3 Å². The van der Waals surface area contributed by atoms with Gasteiger partial charge in [0, 0.05) is 18.7 Å². The van der Waals surface area contributed by atoms with Gasteiger partial charge in [0.25, 0.3) is 11.5 Å². The van der Waals surface area contributed by atoms with Gasteiger partial charge >= 0.3 is 0 Å².